The SMILES string of the molecule is CC(C)CN(C)Cc1ccc(F)c(/C=C/C(=O)O)c1. The Hall–Kier alpha value is -1.68. The standard InChI is InChI=1S/C15H20FNO2/c1-11(2)9-17(3)10-12-4-6-14(16)13(8-12)5-7-15(18)19/h4-8,11H,9-10H2,1-3H3,(H,18,19)/b7-5+. The number of carboxylic acids is 1. The number of benzene rings is 1. The average molecular weight is 265 g/mol. The monoisotopic (exact) mass is 265 g/mol. The maximum Gasteiger partial charge on any atom is 0.328 e. The zero-order valence-corrected chi connectivity index (χ0v) is 11.6. The van der Waals surface area contributed by atoms with Gasteiger partial charge in [0, 0.05) is 24.7 Å². The number of nitrogens with zero attached hydrogens (tertiary/aromatic N) is 1. The first-order valence-electron chi connectivity index (χ1n) is 6.26. The van der Waals surface area contributed by atoms with Gasteiger partial charge in [0.15, 0.2) is 0 Å². The van der Waals surface area contributed by atoms with E-state index in [0.29, 0.717) is 18.0 Å². The quantitative estimate of drug-likeness (QED) is 0.804. The van der Waals surface area contributed by atoms with E-state index in [-0.39, 0.29) is 0 Å². The molecule has 0 aliphatic heterocycles. The minimum absolute atomic E-state index is 0.304. The van der Waals surface area contributed by atoms with Gasteiger partial charge in [0.1, 0.15) is 5.82 Å². The Morgan fingerprint density at radius 1 is 1.47 bits per heavy atom. The Bertz CT molecular complexity index is 469. The fraction of sp³-hybridized carbons (Fsp3) is 0.400. The lowest BCUT2D eigenvalue weighted by Gasteiger charge is -2.19. The molecule has 3 nitrogen and oxygen atoms in total. The van der Waals surface area contributed by atoms with E-state index in [0.717, 1.165) is 18.2 Å². The second-order valence-electron chi connectivity index (χ2n) is 5.12. The van der Waals surface area contributed by atoms with Gasteiger partial charge in [-0.05, 0) is 36.7 Å². The number of aliphatic carboxylic acids is 1. The molecule has 0 amide bonds. The Labute approximate surface area is 113 Å². The first kappa shape index (κ1) is 15.4. The molecule has 0 atom stereocenters. The number of carboxylic acid groups (broad SMARTS) is 1. The molecule has 1 aromatic rings. The molecule has 0 saturated carbocycles. The van der Waals surface area contributed by atoms with Crippen molar-refractivity contribution in [2.45, 2.75) is 20.4 Å². The van der Waals surface area contributed by atoms with Crippen molar-refractivity contribution >= 4 is 12.0 Å². The lowest BCUT2D eigenvalue weighted by Crippen LogP contribution is -2.22. The maximum atomic E-state index is 13.5. The van der Waals surface area contributed by atoms with Crippen molar-refractivity contribution in [3.8, 4) is 0 Å². The van der Waals surface area contributed by atoms with Crippen molar-refractivity contribution < 1.29 is 14.3 Å². The molecule has 0 aliphatic carbocycles. The number of halogens is 1. The van der Waals surface area contributed by atoms with Crippen LogP contribution in [-0.4, -0.2) is 29.6 Å². The van der Waals surface area contributed by atoms with Crippen LogP contribution < -0.4 is 0 Å². The molecule has 0 heterocycles. The van der Waals surface area contributed by atoms with Crippen LogP contribution in [0.3, 0.4) is 0 Å². The zero-order chi connectivity index (χ0) is 14.4. The molecule has 1 N–H and O–H groups in total. The summed E-state index contributed by atoms with van der Waals surface area (Å²) in [5.74, 6) is -0.925. The molecule has 0 aromatic heterocycles. The minimum Gasteiger partial charge on any atom is -0.478 e. The third-order valence-electron chi connectivity index (χ3n) is 2.60. The summed E-state index contributed by atoms with van der Waals surface area (Å²) in [6, 6.07) is 4.79. The summed E-state index contributed by atoms with van der Waals surface area (Å²) in [5.41, 5.74) is 1.27. The van der Waals surface area contributed by atoms with Gasteiger partial charge in [-0.25, -0.2) is 9.18 Å². The molecule has 0 saturated heterocycles. The Balaban J connectivity index is 2.81. The molecule has 4 heteroatoms. The molecule has 0 radical (unpaired) electrons. The van der Waals surface area contributed by atoms with Crippen LogP contribution in [0, 0.1) is 11.7 Å². The van der Waals surface area contributed by atoms with E-state index in [1.165, 1.54) is 12.1 Å². The van der Waals surface area contributed by atoms with Gasteiger partial charge in [-0.15, -0.1) is 0 Å². The van der Waals surface area contributed by atoms with Crippen molar-refractivity contribution in [1.29, 1.82) is 0 Å². The van der Waals surface area contributed by atoms with Crippen LogP contribution in [0.15, 0.2) is 24.3 Å². The van der Waals surface area contributed by atoms with Crippen molar-refractivity contribution in [2.24, 2.45) is 5.92 Å². The smallest absolute Gasteiger partial charge is 0.328 e. The number of hydrogen-bond donors (Lipinski definition) is 1. The van der Waals surface area contributed by atoms with Gasteiger partial charge in [-0.3, -0.25) is 0 Å². The van der Waals surface area contributed by atoms with Crippen LogP contribution in [0.25, 0.3) is 6.08 Å². The summed E-state index contributed by atoms with van der Waals surface area (Å²) in [6.07, 6.45) is 2.23. The highest BCUT2D eigenvalue weighted by atomic mass is 19.1. The fourth-order valence-electron chi connectivity index (χ4n) is 1.98. The molecular weight excluding hydrogens is 245 g/mol. The summed E-state index contributed by atoms with van der Waals surface area (Å²) in [6.45, 7) is 5.95. The van der Waals surface area contributed by atoms with E-state index in [9.17, 15) is 9.18 Å². The van der Waals surface area contributed by atoms with Crippen LogP contribution in [-0.2, 0) is 11.3 Å². The van der Waals surface area contributed by atoms with Gasteiger partial charge in [0.25, 0.3) is 0 Å². The predicted octanol–water partition coefficient (Wildman–Crippen LogP) is 3.01. The van der Waals surface area contributed by atoms with Crippen LogP contribution in [0.4, 0.5) is 4.39 Å². The molecule has 104 valence electrons. The zero-order valence-electron chi connectivity index (χ0n) is 11.6. The molecule has 1 rings (SSSR count). The fourth-order valence-corrected chi connectivity index (χ4v) is 1.98. The van der Waals surface area contributed by atoms with E-state index in [1.54, 1.807) is 12.1 Å². The van der Waals surface area contributed by atoms with Crippen molar-refractivity contribution in [1.82, 2.24) is 4.90 Å². The molecule has 0 fully saturated rings. The molecular formula is C15H20FNO2. The molecule has 0 bridgehead atoms. The minimum atomic E-state index is -1.08. The van der Waals surface area contributed by atoms with E-state index < -0.39 is 11.8 Å². The highest BCUT2D eigenvalue weighted by Gasteiger charge is 2.06. The Kier molecular flexibility index (Phi) is 5.70. The van der Waals surface area contributed by atoms with Gasteiger partial charge in [0.2, 0.25) is 0 Å². The molecule has 19 heavy (non-hydrogen) atoms. The van der Waals surface area contributed by atoms with Crippen molar-refractivity contribution in [3.63, 3.8) is 0 Å². The Morgan fingerprint density at radius 3 is 2.74 bits per heavy atom. The van der Waals surface area contributed by atoms with Crippen LogP contribution in [0.5, 0.6) is 0 Å². The van der Waals surface area contributed by atoms with Gasteiger partial charge in [-0.2, -0.15) is 0 Å². The van der Waals surface area contributed by atoms with Crippen LogP contribution >= 0.6 is 0 Å². The summed E-state index contributed by atoms with van der Waals surface area (Å²) in [5, 5.41) is 8.56. The van der Waals surface area contributed by atoms with E-state index in [2.05, 4.69) is 18.7 Å². The summed E-state index contributed by atoms with van der Waals surface area (Å²) in [7, 11) is 2.01. The average Bonchev–Trinajstić information content (AvgIpc) is 2.28. The van der Waals surface area contributed by atoms with Gasteiger partial charge in [-0.1, -0.05) is 19.9 Å². The molecule has 1 aromatic carbocycles. The number of carbonyl (C=O) groups is 1. The van der Waals surface area contributed by atoms with Gasteiger partial charge in [0.05, 0.1) is 0 Å². The molecule has 0 aliphatic rings. The lowest BCUT2D eigenvalue weighted by atomic mass is 10.1. The third-order valence-corrected chi connectivity index (χ3v) is 2.60. The topological polar surface area (TPSA) is 40.5 Å². The highest BCUT2D eigenvalue weighted by molar-refractivity contribution is 5.85. The third kappa shape index (κ3) is 5.66. The second-order valence-corrected chi connectivity index (χ2v) is 5.12. The van der Waals surface area contributed by atoms with E-state index in [1.807, 2.05) is 7.05 Å². The van der Waals surface area contributed by atoms with Crippen molar-refractivity contribution in [3.05, 3.63) is 41.2 Å². The normalized spacial score (nSPS) is 11.7. The second kappa shape index (κ2) is 7.04. The van der Waals surface area contributed by atoms with E-state index >= 15 is 0 Å². The largest absolute Gasteiger partial charge is 0.478 e. The van der Waals surface area contributed by atoms with Gasteiger partial charge >= 0.3 is 5.97 Å². The maximum absolute atomic E-state index is 13.5. The van der Waals surface area contributed by atoms with Crippen molar-refractivity contribution in [2.75, 3.05) is 13.6 Å². The number of hydrogen-bond acceptors (Lipinski definition) is 2. The molecule has 0 spiro atoms. The number of rotatable bonds is 6. The summed E-state index contributed by atoms with van der Waals surface area (Å²) >= 11 is 0. The van der Waals surface area contributed by atoms with Crippen LogP contribution in [0.2, 0.25) is 0 Å². The lowest BCUT2D eigenvalue weighted by molar-refractivity contribution is -0.131. The first-order chi connectivity index (χ1) is 8.88. The summed E-state index contributed by atoms with van der Waals surface area (Å²) in [4.78, 5) is 12.6. The van der Waals surface area contributed by atoms with Gasteiger partial charge < -0.3 is 10.0 Å². The summed E-state index contributed by atoms with van der Waals surface area (Å²) < 4.78 is 13.5. The Morgan fingerprint density at radius 2 is 2.16 bits per heavy atom. The highest BCUT2D eigenvalue weighted by Crippen LogP contribution is 2.14. The first-order valence-corrected chi connectivity index (χ1v) is 6.26. The van der Waals surface area contributed by atoms with E-state index in [4.69, 9.17) is 5.11 Å². The molecule has 0 unspecified atom stereocenters. The predicted molar refractivity (Wildman–Crippen MR) is 74.2 cm³/mol. The van der Waals surface area contributed by atoms with Crippen LogP contribution in [0.1, 0.15) is 25.0 Å².